The standard InChI is InChI=1S/C15H27N3O/c16-14(18-19)3-1-2-4-17-15-8-11-5-12(9-15)7-13(6-11)10-15/h11-13,17,19H,1-10H2,(H2,16,18). The molecule has 4 aliphatic rings. The van der Waals surface area contributed by atoms with Crippen LogP contribution in [0.5, 0.6) is 0 Å². The largest absolute Gasteiger partial charge is 0.409 e. The Hall–Kier alpha value is -0.770. The zero-order chi connectivity index (χ0) is 13.3. The van der Waals surface area contributed by atoms with Gasteiger partial charge in [-0.15, -0.1) is 0 Å². The smallest absolute Gasteiger partial charge is 0.139 e. The van der Waals surface area contributed by atoms with Gasteiger partial charge in [0.2, 0.25) is 0 Å². The fourth-order valence-electron chi connectivity index (χ4n) is 5.16. The lowest BCUT2D eigenvalue weighted by Gasteiger charge is -2.57. The molecule has 0 heterocycles. The molecule has 0 aromatic rings. The van der Waals surface area contributed by atoms with Crippen LogP contribution >= 0.6 is 0 Å². The Labute approximate surface area is 115 Å². The maximum atomic E-state index is 8.49. The Balaban J connectivity index is 1.43. The van der Waals surface area contributed by atoms with Crippen LogP contribution in [0.25, 0.3) is 0 Å². The molecule has 108 valence electrons. The lowest BCUT2D eigenvalue weighted by molar-refractivity contribution is -0.0195. The number of amidine groups is 1. The molecule has 4 bridgehead atoms. The summed E-state index contributed by atoms with van der Waals surface area (Å²) in [6.07, 6.45) is 11.6. The molecule has 0 aromatic heterocycles. The average Bonchev–Trinajstić information content (AvgIpc) is 2.36. The molecule has 4 nitrogen and oxygen atoms in total. The second-order valence-electron chi connectivity index (χ2n) is 7.17. The number of hydrogen-bond donors (Lipinski definition) is 3. The number of nitrogens with zero attached hydrogens (tertiary/aromatic N) is 1. The van der Waals surface area contributed by atoms with Gasteiger partial charge in [-0.1, -0.05) is 5.16 Å². The zero-order valence-electron chi connectivity index (χ0n) is 11.8. The van der Waals surface area contributed by atoms with Crippen LogP contribution in [0.1, 0.15) is 57.8 Å². The average molecular weight is 265 g/mol. The van der Waals surface area contributed by atoms with E-state index in [1.165, 1.54) is 38.5 Å². The van der Waals surface area contributed by atoms with Gasteiger partial charge in [0.25, 0.3) is 0 Å². The van der Waals surface area contributed by atoms with E-state index in [1.807, 2.05) is 0 Å². The minimum Gasteiger partial charge on any atom is -0.409 e. The summed E-state index contributed by atoms with van der Waals surface area (Å²) >= 11 is 0. The van der Waals surface area contributed by atoms with Gasteiger partial charge in [0, 0.05) is 12.0 Å². The molecule has 0 saturated heterocycles. The number of rotatable bonds is 6. The fourth-order valence-corrected chi connectivity index (χ4v) is 5.16. The molecule has 0 amide bonds. The first-order chi connectivity index (χ1) is 9.19. The Kier molecular flexibility index (Phi) is 3.70. The van der Waals surface area contributed by atoms with E-state index in [0.717, 1.165) is 37.1 Å². The minimum absolute atomic E-state index is 0.356. The Morgan fingerprint density at radius 1 is 1.11 bits per heavy atom. The number of nitrogens with two attached hydrogens (primary N) is 1. The molecule has 0 aliphatic heterocycles. The van der Waals surface area contributed by atoms with E-state index in [2.05, 4.69) is 10.5 Å². The third-order valence-corrected chi connectivity index (χ3v) is 5.53. The molecule has 4 saturated carbocycles. The van der Waals surface area contributed by atoms with Gasteiger partial charge in [-0.3, -0.25) is 0 Å². The Bertz CT molecular complexity index is 318. The highest BCUT2D eigenvalue weighted by molar-refractivity contribution is 5.79. The fraction of sp³-hybridized carbons (Fsp3) is 0.933. The summed E-state index contributed by atoms with van der Waals surface area (Å²) in [6.45, 7) is 1.09. The summed E-state index contributed by atoms with van der Waals surface area (Å²) in [5.74, 6) is 3.39. The summed E-state index contributed by atoms with van der Waals surface area (Å²) < 4.78 is 0. The number of unbranched alkanes of at least 4 members (excludes halogenated alkanes) is 1. The van der Waals surface area contributed by atoms with Crippen molar-refractivity contribution in [2.75, 3.05) is 6.54 Å². The SMILES string of the molecule is NC(CCCCNC12CC3CC(CC(C3)C1)C2)=NO. The van der Waals surface area contributed by atoms with Gasteiger partial charge in [0.15, 0.2) is 0 Å². The number of hydrogen-bond acceptors (Lipinski definition) is 3. The predicted octanol–water partition coefficient (Wildman–Crippen LogP) is 2.46. The second kappa shape index (κ2) is 5.31. The van der Waals surface area contributed by atoms with Gasteiger partial charge in [0.05, 0.1) is 0 Å². The van der Waals surface area contributed by atoms with Crippen molar-refractivity contribution in [1.29, 1.82) is 0 Å². The van der Waals surface area contributed by atoms with Crippen LogP contribution in [-0.2, 0) is 0 Å². The summed E-state index contributed by atoms with van der Waals surface area (Å²) in [5.41, 5.74) is 5.96. The topological polar surface area (TPSA) is 70.6 Å². The molecular weight excluding hydrogens is 238 g/mol. The van der Waals surface area contributed by atoms with Crippen LogP contribution in [0.4, 0.5) is 0 Å². The zero-order valence-corrected chi connectivity index (χ0v) is 11.8. The van der Waals surface area contributed by atoms with E-state index in [1.54, 1.807) is 0 Å². The molecule has 0 radical (unpaired) electrons. The number of nitrogens with one attached hydrogen (secondary N) is 1. The van der Waals surface area contributed by atoms with Crippen LogP contribution in [0.3, 0.4) is 0 Å². The third-order valence-electron chi connectivity index (χ3n) is 5.53. The maximum Gasteiger partial charge on any atom is 0.139 e. The molecule has 4 N–H and O–H groups in total. The van der Waals surface area contributed by atoms with E-state index < -0.39 is 0 Å². The first-order valence-electron chi connectivity index (χ1n) is 7.90. The van der Waals surface area contributed by atoms with Crippen molar-refractivity contribution in [3.05, 3.63) is 0 Å². The highest BCUT2D eigenvalue weighted by Gasteiger charge is 2.50. The lowest BCUT2D eigenvalue weighted by atomic mass is 9.53. The molecule has 0 unspecified atom stereocenters. The van der Waals surface area contributed by atoms with Gasteiger partial charge < -0.3 is 16.3 Å². The predicted molar refractivity (Wildman–Crippen MR) is 76.2 cm³/mol. The van der Waals surface area contributed by atoms with E-state index in [-0.39, 0.29) is 0 Å². The Morgan fingerprint density at radius 3 is 2.21 bits per heavy atom. The molecule has 4 aliphatic carbocycles. The summed E-state index contributed by atoms with van der Waals surface area (Å²) in [4.78, 5) is 0. The molecular formula is C15H27N3O. The van der Waals surface area contributed by atoms with Crippen LogP contribution in [0.15, 0.2) is 5.16 Å². The van der Waals surface area contributed by atoms with Crippen LogP contribution in [-0.4, -0.2) is 23.1 Å². The van der Waals surface area contributed by atoms with Gasteiger partial charge in [-0.05, 0) is 75.7 Å². The quantitative estimate of drug-likeness (QED) is 0.227. The summed E-state index contributed by atoms with van der Waals surface area (Å²) in [7, 11) is 0. The first-order valence-corrected chi connectivity index (χ1v) is 7.90. The molecule has 0 atom stereocenters. The molecule has 0 aromatic carbocycles. The van der Waals surface area contributed by atoms with E-state index in [9.17, 15) is 0 Å². The van der Waals surface area contributed by atoms with Gasteiger partial charge in [-0.2, -0.15) is 0 Å². The molecule has 0 spiro atoms. The van der Waals surface area contributed by atoms with Crippen molar-refractivity contribution in [2.24, 2.45) is 28.6 Å². The van der Waals surface area contributed by atoms with Crippen molar-refractivity contribution in [2.45, 2.75) is 63.3 Å². The van der Waals surface area contributed by atoms with Gasteiger partial charge in [0.1, 0.15) is 5.84 Å². The summed E-state index contributed by atoms with van der Waals surface area (Å²) in [5, 5.41) is 15.4. The van der Waals surface area contributed by atoms with Crippen LogP contribution < -0.4 is 11.1 Å². The van der Waals surface area contributed by atoms with Gasteiger partial charge >= 0.3 is 0 Å². The normalized spacial score (nSPS) is 40.8. The van der Waals surface area contributed by atoms with Crippen LogP contribution in [0.2, 0.25) is 0 Å². The van der Waals surface area contributed by atoms with Crippen molar-refractivity contribution < 1.29 is 5.21 Å². The van der Waals surface area contributed by atoms with E-state index in [0.29, 0.717) is 17.8 Å². The maximum absolute atomic E-state index is 8.49. The van der Waals surface area contributed by atoms with Crippen molar-refractivity contribution in [3.63, 3.8) is 0 Å². The lowest BCUT2D eigenvalue weighted by Crippen LogP contribution is -2.58. The van der Waals surface area contributed by atoms with Crippen molar-refractivity contribution >= 4 is 5.84 Å². The van der Waals surface area contributed by atoms with Crippen molar-refractivity contribution in [1.82, 2.24) is 5.32 Å². The highest BCUT2D eigenvalue weighted by atomic mass is 16.4. The van der Waals surface area contributed by atoms with Gasteiger partial charge in [-0.25, -0.2) is 0 Å². The Morgan fingerprint density at radius 2 is 1.68 bits per heavy atom. The third kappa shape index (κ3) is 2.88. The minimum atomic E-state index is 0.356. The monoisotopic (exact) mass is 265 g/mol. The second-order valence-corrected chi connectivity index (χ2v) is 7.17. The summed E-state index contributed by atoms with van der Waals surface area (Å²) in [6, 6.07) is 0. The molecule has 4 rings (SSSR count). The van der Waals surface area contributed by atoms with Crippen molar-refractivity contribution in [3.8, 4) is 0 Å². The first kappa shape index (κ1) is 13.2. The van der Waals surface area contributed by atoms with E-state index >= 15 is 0 Å². The molecule has 4 heteroatoms. The van der Waals surface area contributed by atoms with E-state index in [4.69, 9.17) is 10.9 Å². The molecule has 4 fully saturated rings. The number of oxime groups is 1. The highest BCUT2D eigenvalue weighted by Crippen LogP contribution is 2.55. The van der Waals surface area contributed by atoms with Crippen LogP contribution in [0, 0.1) is 17.8 Å². The molecule has 19 heavy (non-hydrogen) atoms.